The van der Waals surface area contributed by atoms with Gasteiger partial charge in [-0.05, 0) is 56.9 Å². The molecule has 5 heteroatoms. The number of aromatic nitrogens is 1. The molecule has 0 aliphatic carbocycles. The summed E-state index contributed by atoms with van der Waals surface area (Å²) in [4.78, 5) is 17.9. The molecule has 1 amide bonds. The van der Waals surface area contributed by atoms with Gasteiger partial charge in [-0.15, -0.1) is 0 Å². The number of aromatic amines is 1. The molecule has 3 N–H and O–H groups in total. The Labute approximate surface area is 120 Å². The van der Waals surface area contributed by atoms with Gasteiger partial charge in [0.25, 0.3) is 0 Å². The Kier molecular flexibility index (Phi) is 4.38. The minimum atomic E-state index is 0.0806. The Hall–Kier alpha value is -1.33. The van der Waals surface area contributed by atoms with Crippen LogP contribution < -0.4 is 10.6 Å². The molecule has 110 valence electrons. The van der Waals surface area contributed by atoms with Crippen LogP contribution in [0, 0.1) is 0 Å². The summed E-state index contributed by atoms with van der Waals surface area (Å²) in [5, 5.41) is 6.48. The van der Waals surface area contributed by atoms with Gasteiger partial charge in [0.15, 0.2) is 0 Å². The van der Waals surface area contributed by atoms with E-state index >= 15 is 0 Å². The summed E-state index contributed by atoms with van der Waals surface area (Å²) in [6.45, 7) is 3.86. The van der Waals surface area contributed by atoms with Gasteiger partial charge in [0.2, 0.25) is 5.91 Å². The molecular formula is C15H24N4O. The second kappa shape index (κ2) is 6.41. The maximum Gasteiger partial charge on any atom is 0.237 e. The van der Waals surface area contributed by atoms with Crippen molar-refractivity contribution in [3.8, 4) is 0 Å². The molecule has 0 radical (unpaired) electrons. The van der Waals surface area contributed by atoms with Crippen molar-refractivity contribution in [2.75, 3.05) is 19.6 Å². The van der Waals surface area contributed by atoms with E-state index in [-0.39, 0.29) is 11.9 Å². The molecule has 2 aliphatic rings. The second-order valence-electron chi connectivity index (χ2n) is 5.81. The lowest BCUT2D eigenvalue weighted by atomic mass is 10.0. The molecule has 5 nitrogen and oxygen atoms in total. The van der Waals surface area contributed by atoms with Crippen molar-refractivity contribution < 1.29 is 4.79 Å². The molecule has 0 saturated carbocycles. The number of amides is 1. The molecule has 1 aromatic rings. The minimum Gasteiger partial charge on any atom is -0.367 e. The topological polar surface area (TPSA) is 60.2 Å². The third kappa shape index (κ3) is 3.04. The summed E-state index contributed by atoms with van der Waals surface area (Å²) in [6, 6.07) is 2.67. The summed E-state index contributed by atoms with van der Waals surface area (Å²) in [6.07, 6.45) is 8.30. The fourth-order valence-corrected chi connectivity index (χ4v) is 3.42. The Balaban J connectivity index is 1.55. The van der Waals surface area contributed by atoms with Crippen LogP contribution in [0.15, 0.2) is 18.5 Å². The number of nitrogens with zero attached hydrogens (tertiary/aromatic N) is 1. The first kappa shape index (κ1) is 13.6. The summed E-state index contributed by atoms with van der Waals surface area (Å²) in [7, 11) is 0. The molecular weight excluding hydrogens is 252 g/mol. The summed E-state index contributed by atoms with van der Waals surface area (Å²) >= 11 is 0. The largest absolute Gasteiger partial charge is 0.367 e. The monoisotopic (exact) mass is 276 g/mol. The zero-order valence-electron chi connectivity index (χ0n) is 11.9. The molecule has 0 bridgehead atoms. The molecule has 3 heterocycles. The Bertz CT molecular complexity index is 425. The summed E-state index contributed by atoms with van der Waals surface area (Å²) in [5.41, 5.74) is 1.13. The van der Waals surface area contributed by atoms with Crippen molar-refractivity contribution in [1.29, 1.82) is 0 Å². The second-order valence-corrected chi connectivity index (χ2v) is 5.81. The number of carbonyl (C=O) groups excluding carboxylic acids is 1. The van der Waals surface area contributed by atoms with Crippen LogP contribution in [-0.2, 0) is 11.3 Å². The van der Waals surface area contributed by atoms with Gasteiger partial charge in [-0.3, -0.25) is 9.69 Å². The first-order chi connectivity index (χ1) is 9.84. The molecule has 1 unspecified atom stereocenters. The van der Waals surface area contributed by atoms with E-state index in [2.05, 4.69) is 20.5 Å². The van der Waals surface area contributed by atoms with E-state index in [1.54, 1.807) is 0 Å². The molecule has 1 atom stereocenters. The highest BCUT2D eigenvalue weighted by molar-refractivity contribution is 5.82. The number of H-pyrrole nitrogens is 1. The summed E-state index contributed by atoms with van der Waals surface area (Å²) < 4.78 is 0. The highest BCUT2D eigenvalue weighted by atomic mass is 16.2. The zero-order chi connectivity index (χ0) is 13.8. The van der Waals surface area contributed by atoms with E-state index < -0.39 is 0 Å². The lowest BCUT2D eigenvalue weighted by molar-refractivity contribution is -0.126. The fourth-order valence-electron chi connectivity index (χ4n) is 3.42. The van der Waals surface area contributed by atoms with E-state index in [1.165, 1.54) is 12.8 Å². The first-order valence-electron chi connectivity index (χ1n) is 7.70. The first-order valence-corrected chi connectivity index (χ1v) is 7.70. The highest BCUT2D eigenvalue weighted by Crippen LogP contribution is 2.24. The fraction of sp³-hybridized carbons (Fsp3) is 0.667. The standard InChI is InChI=1S/C15H24N4O/c20-15(18-11-12-3-6-17-10-12)14-2-1-9-19(14)13-4-7-16-8-5-13/h3,6,10,13-14,16-17H,1-2,4-5,7-9,11H2,(H,18,20). The number of hydrogen-bond acceptors (Lipinski definition) is 3. The molecule has 2 fully saturated rings. The quantitative estimate of drug-likeness (QED) is 0.764. The number of likely N-dealkylation sites (tertiary alicyclic amines) is 1. The molecule has 1 aromatic heterocycles. The number of nitrogens with one attached hydrogen (secondary N) is 3. The molecule has 2 saturated heterocycles. The lowest BCUT2D eigenvalue weighted by Crippen LogP contribution is -2.50. The maximum atomic E-state index is 12.4. The van der Waals surface area contributed by atoms with Crippen molar-refractivity contribution in [3.05, 3.63) is 24.0 Å². The average Bonchev–Trinajstić information content (AvgIpc) is 3.17. The molecule has 0 aromatic carbocycles. The van der Waals surface area contributed by atoms with Gasteiger partial charge in [0.1, 0.15) is 0 Å². The van der Waals surface area contributed by atoms with E-state index in [9.17, 15) is 4.79 Å². The van der Waals surface area contributed by atoms with Gasteiger partial charge in [-0.1, -0.05) is 0 Å². The van der Waals surface area contributed by atoms with Gasteiger partial charge >= 0.3 is 0 Å². The van der Waals surface area contributed by atoms with Crippen LogP contribution in [0.3, 0.4) is 0 Å². The predicted octanol–water partition coefficient (Wildman–Crippen LogP) is 0.847. The van der Waals surface area contributed by atoms with Gasteiger partial charge < -0.3 is 15.6 Å². The Morgan fingerprint density at radius 1 is 1.35 bits per heavy atom. The minimum absolute atomic E-state index is 0.0806. The average molecular weight is 276 g/mol. The Morgan fingerprint density at radius 2 is 2.20 bits per heavy atom. The van der Waals surface area contributed by atoms with Crippen LogP contribution in [0.5, 0.6) is 0 Å². The zero-order valence-corrected chi connectivity index (χ0v) is 11.9. The van der Waals surface area contributed by atoms with E-state index in [0.29, 0.717) is 12.6 Å². The predicted molar refractivity (Wildman–Crippen MR) is 78.3 cm³/mol. The van der Waals surface area contributed by atoms with Crippen LogP contribution in [0.4, 0.5) is 0 Å². The SMILES string of the molecule is O=C(NCc1cc[nH]c1)C1CCCN1C1CCNCC1. The molecule has 20 heavy (non-hydrogen) atoms. The van der Waals surface area contributed by atoms with E-state index in [0.717, 1.165) is 38.0 Å². The number of carbonyl (C=O) groups is 1. The molecule has 3 rings (SSSR count). The van der Waals surface area contributed by atoms with Crippen molar-refractivity contribution in [2.24, 2.45) is 0 Å². The highest BCUT2D eigenvalue weighted by Gasteiger charge is 2.35. The van der Waals surface area contributed by atoms with Gasteiger partial charge in [-0.2, -0.15) is 0 Å². The van der Waals surface area contributed by atoms with Gasteiger partial charge in [0.05, 0.1) is 6.04 Å². The van der Waals surface area contributed by atoms with Crippen LogP contribution in [0.1, 0.15) is 31.2 Å². The Morgan fingerprint density at radius 3 is 2.95 bits per heavy atom. The number of piperidine rings is 1. The van der Waals surface area contributed by atoms with Gasteiger partial charge in [-0.25, -0.2) is 0 Å². The van der Waals surface area contributed by atoms with Crippen LogP contribution in [0.25, 0.3) is 0 Å². The van der Waals surface area contributed by atoms with E-state index in [4.69, 9.17) is 0 Å². The van der Waals surface area contributed by atoms with Crippen molar-refractivity contribution in [3.63, 3.8) is 0 Å². The number of rotatable bonds is 4. The van der Waals surface area contributed by atoms with Crippen molar-refractivity contribution in [1.82, 2.24) is 20.5 Å². The van der Waals surface area contributed by atoms with Crippen LogP contribution >= 0.6 is 0 Å². The third-order valence-electron chi connectivity index (χ3n) is 4.50. The lowest BCUT2D eigenvalue weighted by Gasteiger charge is -2.35. The van der Waals surface area contributed by atoms with Crippen LogP contribution in [-0.4, -0.2) is 47.5 Å². The smallest absolute Gasteiger partial charge is 0.237 e. The molecule has 2 aliphatic heterocycles. The van der Waals surface area contributed by atoms with Gasteiger partial charge in [0, 0.05) is 25.0 Å². The van der Waals surface area contributed by atoms with Crippen molar-refractivity contribution >= 4 is 5.91 Å². The third-order valence-corrected chi connectivity index (χ3v) is 4.50. The molecule has 0 spiro atoms. The summed E-state index contributed by atoms with van der Waals surface area (Å²) in [5.74, 6) is 0.197. The van der Waals surface area contributed by atoms with Crippen molar-refractivity contribution in [2.45, 2.75) is 44.3 Å². The maximum absolute atomic E-state index is 12.4. The normalized spacial score (nSPS) is 24.9. The number of hydrogen-bond donors (Lipinski definition) is 3. The van der Waals surface area contributed by atoms with E-state index in [1.807, 2.05) is 18.5 Å². The van der Waals surface area contributed by atoms with Crippen LogP contribution in [0.2, 0.25) is 0 Å².